The van der Waals surface area contributed by atoms with Crippen molar-refractivity contribution in [2.24, 2.45) is 0 Å². The predicted octanol–water partition coefficient (Wildman–Crippen LogP) is 1.26. The monoisotopic (exact) mass is 194 g/mol. The van der Waals surface area contributed by atoms with Crippen molar-refractivity contribution < 1.29 is 8.42 Å². The molecule has 4 heteroatoms. The molecule has 0 unspecified atom stereocenters. The van der Waals surface area contributed by atoms with Gasteiger partial charge in [-0.25, -0.2) is 8.42 Å². The van der Waals surface area contributed by atoms with Crippen LogP contribution in [0.1, 0.15) is 11.1 Å². The first-order valence-corrected chi connectivity index (χ1v) is 5.38. The van der Waals surface area contributed by atoms with E-state index in [1.165, 1.54) is 0 Å². The summed E-state index contributed by atoms with van der Waals surface area (Å²) in [4.78, 5) is 0. The molecule has 0 N–H and O–H groups in total. The maximum Gasteiger partial charge on any atom is 0.155 e. The highest BCUT2D eigenvalue weighted by Gasteiger charge is 2.04. The third-order valence-corrected chi connectivity index (χ3v) is 2.22. The minimum absolute atomic E-state index is 0.123. The molecule has 0 bridgehead atoms. The summed E-state index contributed by atoms with van der Waals surface area (Å²) in [6, 6.07) is 8.41. The molecule has 0 saturated heterocycles. The van der Waals surface area contributed by atoms with E-state index in [9.17, 15) is 8.42 Å². The van der Waals surface area contributed by atoms with Gasteiger partial charge in [0.05, 0.1) is 23.6 Å². The van der Waals surface area contributed by atoms with E-state index >= 15 is 0 Å². The van der Waals surface area contributed by atoms with Crippen molar-refractivity contribution in [1.29, 1.82) is 5.26 Å². The minimum Gasteiger partial charge on any atom is -0.228 e. The molecule has 1 radical (unpaired) electrons. The number of rotatable bonds is 2. The molecule has 0 spiro atoms. The maximum absolute atomic E-state index is 10.8. The van der Waals surface area contributed by atoms with Crippen molar-refractivity contribution >= 4 is 9.84 Å². The van der Waals surface area contributed by atoms with Crippen LogP contribution in [0.25, 0.3) is 0 Å². The summed E-state index contributed by atoms with van der Waals surface area (Å²) in [6.07, 6.45) is 3.01. The second-order valence-corrected chi connectivity index (χ2v) is 4.48. The van der Waals surface area contributed by atoms with Crippen LogP contribution in [0.2, 0.25) is 0 Å². The van der Waals surface area contributed by atoms with E-state index in [0.29, 0.717) is 11.1 Å². The van der Waals surface area contributed by atoms with Crippen molar-refractivity contribution in [2.45, 2.75) is 5.75 Å². The topological polar surface area (TPSA) is 57.9 Å². The Kier molecular flexibility index (Phi) is 2.69. The Hall–Kier alpha value is -1.34. The van der Waals surface area contributed by atoms with Gasteiger partial charge < -0.3 is 0 Å². The van der Waals surface area contributed by atoms with Crippen molar-refractivity contribution in [3.63, 3.8) is 0 Å². The summed E-state index contributed by atoms with van der Waals surface area (Å²) < 4.78 is 21.6. The smallest absolute Gasteiger partial charge is 0.155 e. The van der Waals surface area contributed by atoms with Crippen molar-refractivity contribution in [1.82, 2.24) is 0 Å². The SMILES string of the molecule is [CH2]S(=O)(=O)Cc1cccc(C#N)c1. The Balaban J connectivity index is 2.99. The highest BCUT2D eigenvalue weighted by molar-refractivity contribution is 7.91. The molecular formula is C9H8NO2S. The average Bonchev–Trinajstić information content (AvgIpc) is 2.01. The molecule has 0 saturated carbocycles. The molecule has 3 nitrogen and oxygen atoms in total. The lowest BCUT2D eigenvalue weighted by atomic mass is 10.2. The van der Waals surface area contributed by atoms with E-state index in [-0.39, 0.29) is 5.75 Å². The van der Waals surface area contributed by atoms with Crippen LogP contribution in [-0.4, -0.2) is 8.42 Å². The van der Waals surface area contributed by atoms with E-state index in [4.69, 9.17) is 5.26 Å². The molecule has 0 heterocycles. The summed E-state index contributed by atoms with van der Waals surface area (Å²) in [5.41, 5.74) is 1.05. The number of hydrogen-bond acceptors (Lipinski definition) is 3. The highest BCUT2D eigenvalue weighted by Crippen LogP contribution is 2.07. The molecule has 13 heavy (non-hydrogen) atoms. The minimum atomic E-state index is -3.26. The second-order valence-electron chi connectivity index (χ2n) is 2.70. The lowest BCUT2D eigenvalue weighted by molar-refractivity contribution is 0.603. The molecule has 0 aliphatic rings. The molecule has 0 aliphatic carbocycles. The van der Waals surface area contributed by atoms with Gasteiger partial charge in [-0.15, -0.1) is 0 Å². The van der Waals surface area contributed by atoms with Crippen LogP contribution >= 0.6 is 0 Å². The number of hydrogen-bond donors (Lipinski definition) is 0. The largest absolute Gasteiger partial charge is 0.228 e. The number of nitrogens with zero attached hydrogens (tertiary/aromatic N) is 1. The molecule has 0 fully saturated rings. The standard InChI is InChI=1S/C9H8NO2S/c1-13(11,12)7-9-4-2-3-8(5-9)6-10/h2-5H,1,7H2. The number of sulfone groups is 1. The molecule has 0 aliphatic heterocycles. The Morgan fingerprint density at radius 2 is 2.15 bits per heavy atom. The third kappa shape index (κ3) is 3.26. The predicted molar refractivity (Wildman–Crippen MR) is 49.1 cm³/mol. The van der Waals surface area contributed by atoms with Crippen LogP contribution in [0.4, 0.5) is 0 Å². The normalized spacial score (nSPS) is 10.8. The molecule has 0 aromatic heterocycles. The molecular weight excluding hydrogens is 186 g/mol. The zero-order chi connectivity index (χ0) is 9.90. The summed E-state index contributed by atoms with van der Waals surface area (Å²) in [5.74, 6) is -0.123. The van der Waals surface area contributed by atoms with Gasteiger partial charge in [0.15, 0.2) is 9.84 Å². The van der Waals surface area contributed by atoms with Gasteiger partial charge in [0.25, 0.3) is 0 Å². The van der Waals surface area contributed by atoms with Gasteiger partial charge in [0.2, 0.25) is 0 Å². The fraction of sp³-hybridized carbons (Fsp3) is 0.111. The third-order valence-electron chi connectivity index (χ3n) is 1.44. The van der Waals surface area contributed by atoms with E-state index in [1.54, 1.807) is 24.3 Å². The summed E-state index contributed by atoms with van der Waals surface area (Å²) in [6.45, 7) is 0. The van der Waals surface area contributed by atoms with Gasteiger partial charge in [0, 0.05) is 0 Å². The van der Waals surface area contributed by atoms with Crippen molar-refractivity contribution in [3.8, 4) is 6.07 Å². The van der Waals surface area contributed by atoms with E-state index in [0.717, 1.165) is 0 Å². The molecule has 1 rings (SSSR count). The lowest BCUT2D eigenvalue weighted by Crippen LogP contribution is -1.98. The van der Waals surface area contributed by atoms with Crippen LogP contribution in [0.15, 0.2) is 24.3 Å². The Bertz CT molecular complexity index is 443. The Labute approximate surface area is 77.5 Å². The zero-order valence-electron chi connectivity index (χ0n) is 6.90. The van der Waals surface area contributed by atoms with E-state index < -0.39 is 9.84 Å². The van der Waals surface area contributed by atoms with Gasteiger partial charge in [-0.2, -0.15) is 5.26 Å². The molecule has 0 amide bonds. The number of nitriles is 1. The fourth-order valence-electron chi connectivity index (χ4n) is 0.985. The Morgan fingerprint density at radius 1 is 1.46 bits per heavy atom. The molecule has 0 atom stereocenters. The van der Waals surface area contributed by atoms with Crippen molar-refractivity contribution in [3.05, 3.63) is 41.6 Å². The van der Waals surface area contributed by atoms with Gasteiger partial charge in [-0.1, -0.05) is 12.1 Å². The first-order chi connectivity index (χ1) is 6.01. The quantitative estimate of drug-likeness (QED) is 0.712. The molecule has 1 aromatic carbocycles. The van der Waals surface area contributed by atoms with Gasteiger partial charge in [-0.3, -0.25) is 0 Å². The number of benzene rings is 1. The van der Waals surface area contributed by atoms with E-state index in [1.807, 2.05) is 6.07 Å². The first kappa shape index (κ1) is 9.75. The molecule has 1 aromatic rings. The molecule has 67 valence electrons. The first-order valence-electron chi connectivity index (χ1n) is 3.56. The van der Waals surface area contributed by atoms with Gasteiger partial charge in [0.1, 0.15) is 0 Å². The van der Waals surface area contributed by atoms with Crippen LogP contribution in [0, 0.1) is 17.6 Å². The second kappa shape index (κ2) is 3.58. The summed E-state index contributed by atoms with van der Waals surface area (Å²) in [5, 5.41) is 8.55. The van der Waals surface area contributed by atoms with Gasteiger partial charge >= 0.3 is 0 Å². The van der Waals surface area contributed by atoms with E-state index in [2.05, 4.69) is 6.26 Å². The summed E-state index contributed by atoms with van der Waals surface area (Å²) >= 11 is 0. The average molecular weight is 194 g/mol. The Morgan fingerprint density at radius 3 is 2.69 bits per heavy atom. The van der Waals surface area contributed by atoms with Crippen LogP contribution < -0.4 is 0 Å². The van der Waals surface area contributed by atoms with Crippen LogP contribution in [0.5, 0.6) is 0 Å². The van der Waals surface area contributed by atoms with Gasteiger partial charge in [-0.05, 0) is 17.7 Å². The maximum atomic E-state index is 10.8. The highest BCUT2D eigenvalue weighted by atomic mass is 32.2. The zero-order valence-corrected chi connectivity index (χ0v) is 7.71. The van der Waals surface area contributed by atoms with Crippen LogP contribution in [-0.2, 0) is 15.6 Å². The van der Waals surface area contributed by atoms with Crippen LogP contribution in [0.3, 0.4) is 0 Å². The lowest BCUT2D eigenvalue weighted by Gasteiger charge is -1.98. The fourth-order valence-corrected chi connectivity index (χ4v) is 1.67. The van der Waals surface area contributed by atoms with Crippen molar-refractivity contribution in [2.75, 3.05) is 0 Å². The summed E-state index contributed by atoms with van der Waals surface area (Å²) in [7, 11) is -3.26.